The number of aryl methyl sites for hydroxylation is 1. The maximum absolute atomic E-state index is 11.8. The van der Waals surface area contributed by atoms with Crippen LogP contribution in [0.3, 0.4) is 0 Å². The fourth-order valence-electron chi connectivity index (χ4n) is 1.92. The Kier molecular flexibility index (Phi) is 5.96. The van der Waals surface area contributed by atoms with Crippen molar-refractivity contribution in [3.8, 4) is 0 Å². The number of hydrogen-bond acceptors (Lipinski definition) is 4. The molecule has 0 aliphatic heterocycles. The average Bonchev–Trinajstić information content (AvgIpc) is 2.39. The topological polar surface area (TPSA) is 82.5 Å². The van der Waals surface area contributed by atoms with Crippen LogP contribution >= 0.6 is 0 Å². The van der Waals surface area contributed by atoms with Crippen LogP contribution in [0.4, 0.5) is 5.82 Å². The van der Waals surface area contributed by atoms with E-state index in [0.717, 1.165) is 0 Å². The van der Waals surface area contributed by atoms with Crippen molar-refractivity contribution in [2.45, 2.75) is 27.2 Å². The minimum atomic E-state index is -0.988. The predicted molar refractivity (Wildman–Crippen MR) is 77.0 cm³/mol. The third-order valence-electron chi connectivity index (χ3n) is 3.08. The van der Waals surface area contributed by atoms with E-state index >= 15 is 0 Å². The molecule has 20 heavy (non-hydrogen) atoms. The Hall–Kier alpha value is -2.11. The Morgan fingerprint density at radius 1 is 1.30 bits per heavy atom. The van der Waals surface area contributed by atoms with E-state index in [1.165, 1.54) is 6.07 Å². The number of carbonyl (C=O) groups is 2. The van der Waals surface area contributed by atoms with E-state index in [0.29, 0.717) is 37.6 Å². The Labute approximate surface area is 118 Å². The number of carboxylic acids is 1. The molecule has 0 radical (unpaired) electrons. The van der Waals surface area contributed by atoms with Crippen LogP contribution in [0.2, 0.25) is 0 Å². The molecule has 0 saturated carbocycles. The van der Waals surface area contributed by atoms with Gasteiger partial charge < -0.3 is 15.3 Å². The summed E-state index contributed by atoms with van der Waals surface area (Å²) in [7, 11) is 0. The largest absolute Gasteiger partial charge is 0.478 e. The second-order valence-electron chi connectivity index (χ2n) is 4.38. The van der Waals surface area contributed by atoms with Gasteiger partial charge in [-0.3, -0.25) is 4.79 Å². The zero-order valence-corrected chi connectivity index (χ0v) is 12.1. The maximum atomic E-state index is 11.8. The fraction of sp³-hybridized carbons (Fsp3) is 0.500. The van der Waals surface area contributed by atoms with Crippen LogP contribution < -0.4 is 5.32 Å². The summed E-state index contributed by atoms with van der Waals surface area (Å²) >= 11 is 0. The number of aromatic nitrogens is 1. The van der Waals surface area contributed by atoms with Crippen molar-refractivity contribution in [1.29, 1.82) is 0 Å². The molecular formula is C14H21N3O3. The molecule has 0 spiro atoms. The molecule has 110 valence electrons. The van der Waals surface area contributed by atoms with E-state index < -0.39 is 5.97 Å². The first-order chi connectivity index (χ1) is 9.49. The summed E-state index contributed by atoms with van der Waals surface area (Å²) < 4.78 is 0. The summed E-state index contributed by atoms with van der Waals surface area (Å²) in [5.74, 6) is -0.306. The van der Waals surface area contributed by atoms with Crippen molar-refractivity contribution < 1.29 is 14.7 Å². The zero-order chi connectivity index (χ0) is 15.1. The second kappa shape index (κ2) is 7.47. The first kappa shape index (κ1) is 15.9. The van der Waals surface area contributed by atoms with Crippen LogP contribution in [0.5, 0.6) is 0 Å². The number of pyridine rings is 1. The van der Waals surface area contributed by atoms with E-state index in [2.05, 4.69) is 10.3 Å². The van der Waals surface area contributed by atoms with Crippen LogP contribution in [0, 0.1) is 6.92 Å². The van der Waals surface area contributed by atoms with E-state index in [1.807, 2.05) is 13.8 Å². The van der Waals surface area contributed by atoms with E-state index in [1.54, 1.807) is 17.9 Å². The number of anilines is 1. The molecule has 2 N–H and O–H groups in total. The first-order valence-electron chi connectivity index (χ1n) is 6.72. The van der Waals surface area contributed by atoms with E-state index in [9.17, 15) is 9.59 Å². The summed E-state index contributed by atoms with van der Waals surface area (Å²) in [5.41, 5.74) is 0.646. The quantitative estimate of drug-likeness (QED) is 0.794. The van der Waals surface area contributed by atoms with Gasteiger partial charge in [-0.15, -0.1) is 0 Å². The van der Waals surface area contributed by atoms with Crippen molar-refractivity contribution >= 4 is 17.7 Å². The summed E-state index contributed by atoms with van der Waals surface area (Å²) in [6.45, 7) is 7.44. The van der Waals surface area contributed by atoms with Crippen LogP contribution in [-0.4, -0.2) is 46.5 Å². The van der Waals surface area contributed by atoms with Gasteiger partial charge in [0, 0.05) is 26.1 Å². The standard InChI is InChI=1S/C14H21N3O3/c1-4-17(5-2)13(18)8-9-15-12-7-6-11(14(19)20)10(3)16-12/h6-7H,4-5,8-9H2,1-3H3,(H,15,16)(H,19,20). The lowest BCUT2D eigenvalue weighted by molar-refractivity contribution is -0.130. The number of amides is 1. The third-order valence-corrected chi connectivity index (χ3v) is 3.08. The first-order valence-corrected chi connectivity index (χ1v) is 6.72. The van der Waals surface area contributed by atoms with Gasteiger partial charge >= 0.3 is 5.97 Å². The fourth-order valence-corrected chi connectivity index (χ4v) is 1.92. The number of rotatable bonds is 7. The van der Waals surface area contributed by atoms with E-state index in [-0.39, 0.29) is 11.5 Å². The van der Waals surface area contributed by atoms with Gasteiger partial charge in [0.1, 0.15) is 5.82 Å². The highest BCUT2D eigenvalue weighted by atomic mass is 16.4. The third kappa shape index (κ3) is 4.22. The van der Waals surface area contributed by atoms with Crippen LogP contribution in [0.15, 0.2) is 12.1 Å². The number of carbonyl (C=O) groups excluding carboxylic acids is 1. The monoisotopic (exact) mass is 279 g/mol. The van der Waals surface area contributed by atoms with Crippen LogP contribution in [-0.2, 0) is 4.79 Å². The molecule has 0 bridgehead atoms. The molecule has 0 aliphatic rings. The summed E-state index contributed by atoms with van der Waals surface area (Å²) in [5, 5.41) is 11.9. The van der Waals surface area contributed by atoms with Gasteiger partial charge in [-0.25, -0.2) is 9.78 Å². The van der Waals surface area contributed by atoms with Gasteiger partial charge in [0.05, 0.1) is 11.3 Å². The molecule has 0 saturated heterocycles. The normalized spacial score (nSPS) is 10.2. The Morgan fingerprint density at radius 2 is 1.95 bits per heavy atom. The molecule has 0 fully saturated rings. The SMILES string of the molecule is CCN(CC)C(=O)CCNc1ccc(C(=O)O)c(C)n1. The number of aromatic carboxylic acids is 1. The molecule has 0 atom stereocenters. The highest BCUT2D eigenvalue weighted by Gasteiger charge is 2.10. The van der Waals surface area contributed by atoms with Crippen molar-refractivity contribution in [1.82, 2.24) is 9.88 Å². The van der Waals surface area contributed by atoms with Gasteiger partial charge in [-0.2, -0.15) is 0 Å². The molecule has 1 amide bonds. The summed E-state index contributed by atoms with van der Waals surface area (Å²) in [4.78, 5) is 28.6. The number of carboxylic acid groups (broad SMARTS) is 1. The minimum absolute atomic E-state index is 0.0985. The molecule has 1 rings (SSSR count). The zero-order valence-electron chi connectivity index (χ0n) is 12.1. The molecule has 6 heteroatoms. The van der Waals surface area contributed by atoms with Crippen LogP contribution in [0.25, 0.3) is 0 Å². The molecule has 0 aliphatic carbocycles. The second-order valence-corrected chi connectivity index (χ2v) is 4.38. The smallest absolute Gasteiger partial charge is 0.337 e. The minimum Gasteiger partial charge on any atom is -0.478 e. The number of nitrogens with zero attached hydrogens (tertiary/aromatic N) is 2. The molecule has 1 heterocycles. The Morgan fingerprint density at radius 3 is 2.45 bits per heavy atom. The average molecular weight is 279 g/mol. The lowest BCUT2D eigenvalue weighted by atomic mass is 10.2. The molecule has 0 aromatic carbocycles. The van der Waals surface area contributed by atoms with Gasteiger partial charge in [0.25, 0.3) is 0 Å². The Balaban J connectivity index is 2.53. The highest BCUT2D eigenvalue weighted by molar-refractivity contribution is 5.89. The highest BCUT2D eigenvalue weighted by Crippen LogP contribution is 2.10. The lowest BCUT2D eigenvalue weighted by Crippen LogP contribution is -2.31. The lowest BCUT2D eigenvalue weighted by Gasteiger charge is -2.18. The predicted octanol–water partition coefficient (Wildman–Crippen LogP) is 1.76. The van der Waals surface area contributed by atoms with Crippen molar-refractivity contribution in [2.75, 3.05) is 25.0 Å². The molecule has 1 aromatic rings. The van der Waals surface area contributed by atoms with Gasteiger partial charge in [0.2, 0.25) is 5.91 Å². The number of hydrogen-bond donors (Lipinski definition) is 2. The van der Waals surface area contributed by atoms with Crippen LogP contribution in [0.1, 0.15) is 36.3 Å². The van der Waals surface area contributed by atoms with Crippen molar-refractivity contribution in [3.05, 3.63) is 23.4 Å². The summed E-state index contributed by atoms with van der Waals surface area (Å²) in [6, 6.07) is 3.12. The number of nitrogens with one attached hydrogen (secondary N) is 1. The molecule has 1 aromatic heterocycles. The van der Waals surface area contributed by atoms with Gasteiger partial charge in [-0.05, 0) is 32.9 Å². The van der Waals surface area contributed by atoms with Crippen molar-refractivity contribution in [2.24, 2.45) is 0 Å². The molecule has 0 unspecified atom stereocenters. The molecular weight excluding hydrogens is 258 g/mol. The van der Waals surface area contributed by atoms with Crippen molar-refractivity contribution in [3.63, 3.8) is 0 Å². The summed E-state index contributed by atoms with van der Waals surface area (Å²) in [6.07, 6.45) is 0.392. The van der Waals surface area contributed by atoms with Gasteiger partial charge in [0.15, 0.2) is 0 Å². The van der Waals surface area contributed by atoms with E-state index in [4.69, 9.17) is 5.11 Å². The molecule has 6 nitrogen and oxygen atoms in total. The maximum Gasteiger partial charge on any atom is 0.337 e. The Bertz CT molecular complexity index is 485. The van der Waals surface area contributed by atoms with Gasteiger partial charge in [-0.1, -0.05) is 0 Å².